The average Bonchev–Trinajstić information content (AvgIpc) is 2.41. The molecular formula is C14H23N3O. The van der Waals surface area contributed by atoms with Gasteiger partial charge in [-0.2, -0.15) is 0 Å². The van der Waals surface area contributed by atoms with Crippen molar-refractivity contribution >= 4 is 11.6 Å². The van der Waals surface area contributed by atoms with E-state index in [9.17, 15) is 0 Å². The Balaban J connectivity index is 1.73. The van der Waals surface area contributed by atoms with Crippen molar-refractivity contribution in [1.29, 1.82) is 0 Å². The van der Waals surface area contributed by atoms with Crippen LogP contribution in [0.1, 0.15) is 32.6 Å². The van der Waals surface area contributed by atoms with Crippen LogP contribution in [0, 0.1) is 0 Å². The topological polar surface area (TPSA) is 46.2 Å². The average molecular weight is 249 g/mol. The Hall–Kier alpha value is -1.29. The first kappa shape index (κ1) is 13.1. The molecular weight excluding hydrogens is 226 g/mol. The fourth-order valence-electron chi connectivity index (χ4n) is 2.21. The normalized spacial score (nSPS) is 19.5. The van der Waals surface area contributed by atoms with Crippen molar-refractivity contribution in [3.05, 3.63) is 18.2 Å². The third-order valence-corrected chi connectivity index (χ3v) is 3.15. The Bertz CT molecular complexity index is 351. The van der Waals surface area contributed by atoms with Crippen molar-refractivity contribution in [3.8, 4) is 0 Å². The van der Waals surface area contributed by atoms with Crippen LogP contribution in [0.4, 0.5) is 11.6 Å². The summed E-state index contributed by atoms with van der Waals surface area (Å²) in [5.74, 6) is 1.86. The molecule has 1 saturated heterocycles. The zero-order chi connectivity index (χ0) is 12.6. The van der Waals surface area contributed by atoms with Crippen LogP contribution < -0.4 is 10.6 Å². The maximum absolute atomic E-state index is 5.71. The lowest BCUT2D eigenvalue weighted by atomic mass is 10.1. The Kier molecular flexibility index (Phi) is 5.27. The molecule has 0 bridgehead atoms. The van der Waals surface area contributed by atoms with E-state index in [4.69, 9.17) is 4.74 Å². The molecule has 18 heavy (non-hydrogen) atoms. The summed E-state index contributed by atoms with van der Waals surface area (Å²) < 4.78 is 5.71. The minimum atomic E-state index is 0.434. The highest BCUT2D eigenvalue weighted by Crippen LogP contribution is 2.16. The van der Waals surface area contributed by atoms with E-state index < -0.39 is 0 Å². The summed E-state index contributed by atoms with van der Waals surface area (Å²) in [6.07, 6.45) is 5.22. The van der Waals surface area contributed by atoms with Crippen molar-refractivity contribution in [2.45, 2.75) is 38.7 Å². The Morgan fingerprint density at radius 2 is 2.11 bits per heavy atom. The quantitative estimate of drug-likeness (QED) is 0.814. The van der Waals surface area contributed by atoms with Gasteiger partial charge in [-0.05, 0) is 44.7 Å². The molecule has 0 aliphatic carbocycles. The van der Waals surface area contributed by atoms with Gasteiger partial charge in [0.05, 0.1) is 6.10 Å². The van der Waals surface area contributed by atoms with Gasteiger partial charge >= 0.3 is 0 Å². The molecule has 1 atom stereocenters. The number of nitrogens with zero attached hydrogens (tertiary/aromatic N) is 1. The largest absolute Gasteiger partial charge is 0.378 e. The van der Waals surface area contributed by atoms with Gasteiger partial charge in [-0.1, -0.05) is 6.07 Å². The van der Waals surface area contributed by atoms with Crippen LogP contribution in [-0.4, -0.2) is 30.8 Å². The molecule has 2 heterocycles. The van der Waals surface area contributed by atoms with E-state index in [2.05, 4.69) is 22.5 Å². The number of nitrogens with one attached hydrogen (secondary N) is 2. The molecule has 0 amide bonds. The van der Waals surface area contributed by atoms with E-state index in [1.165, 1.54) is 19.3 Å². The maximum atomic E-state index is 5.71. The minimum absolute atomic E-state index is 0.434. The van der Waals surface area contributed by atoms with E-state index >= 15 is 0 Å². The summed E-state index contributed by atoms with van der Waals surface area (Å²) in [4.78, 5) is 4.48. The summed E-state index contributed by atoms with van der Waals surface area (Å²) in [7, 11) is 0. The predicted molar refractivity (Wildman–Crippen MR) is 75.1 cm³/mol. The number of hydrogen-bond acceptors (Lipinski definition) is 4. The fourth-order valence-corrected chi connectivity index (χ4v) is 2.21. The number of rotatable bonds is 6. The van der Waals surface area contributed by atoms with E-state index in [1.807, 2.05) is 18.2 Å². The molecule has 100 valence electrons. The van der Waals surface area contributed by atoms with Gasteiger partial charge in [0.15, 0.2) is 0 Å². The lowest BCUT2D eigenvalue weighted by Crippen LogP contribution is -2.22. The number of ether oxygens (including phenoxy) is 1. The fraction of sp³-hybridized carbons (Fsp3) is 0.643. The molecule has 1 aromatic heterocycles. The molecule has 0 spiro atoms. The zero-order valence-electron chi connectivity index (χ0n) is 11.1. The highest BCUT2D eigenvalue weighted by Gasteiger charge is 2.12. The van der Waals surface area contributed by atoms with Crippen molar-refractivity contribution < 1.29 is 4.74 Å². The Morgan fingerprint density at radius 1 is 1.28 bits per heavy atom. The van der Waals surface area contributed by atoms with Gasteiger partial charge in [0, 0.05) is 19.7 Å². The van der Waals surface area contributed by atoms with Gasteiger partial charge in [0.25, 0.3) is 0 Å². The van der Waals surface area contributed by atoms with Crippen LogP contribution in [-0.2, 0) is 4.74 Å². The van der Waals surface area contributed by atoms with Gasteiger partial charge < -0.3 is 15.4 Å². The highest BCUT2D eigenvalue weighted by molar-refractivity contribution is 5.44. The van der Waals surface area contributed by atoms with E-state index in [-0.39, 0.29) is 0 Å². The Morgan fingerprint density at radius 3 is 2.83 bits per heavy atom. The van der Waals surface area contributed by atoms with Crippen molar-refractivity contribution in [2.24, 2.45) is 0 Å². The molecule has 1 aromatic rings. The van der Waals surface area contributed by atoms with Gasteiger partial charge in [-0.3, -0.25) is 0 Å². The molecule has 2 N–H and O–H groups in total. The third kappa shape index (κ3) is 4.18. The lowest BCUT2D eigenvalue weighted by Gasteiger charge is -2.22. The summed E-state index contributed by atoms with van der Waals surface area (Å²) in [5, 5.41) is 6.57. The number of anilines is 2. The van der Waals surface area contributed by atoms with Crippen molar-refractivity contribution in [2.75, 3.05) is 30.3 Å². The van der Waals surface area contributed by atoms with Crippen molar-refractivity contribution in [1.82, 2.24) is 4.98 Å². The predicted octanol–water partition coefficient (Wildman–Crippen LogP) is 2.88. The summed E-state index contributed by atoms with van der Waals surface area (Å²) in [5.41, 5.74) is 0. The first-order valence-electron chi connectivity index (χ1n) is 6.95. The molecule has 4 nitrogen and oxygen atoms in total. The van der Waals surface area contributed by atoms with Crippen LogP contribution in [0.3, 0.4) is 0 Å². The maximum Gasteiger partial charge on any atom is 0.128 e. The summed E-state index contributed by atoms with van der Waals surface area (Å²) in [6, 6.07) is 6.01. The lowest BCUT2D eigenvalue weighted by molar-refractivity contribution is 0.0134. The summed E-state index contributed by atoms with van der Waals surface area (Å²) in [6.45, 7) is 4.82. The molecule has 1 unspecified atom stereocenters. The van der Waals surface area contributed by atoms with Crippen LogP contribution in [0.5, 0.6) is 0 Å². The second-order valence-corrected chi connectivity index (χ2v) is 4.64. The molecule has 2 rings (SSSR count). The van der Waals surface area contributed by atoms with Crippen molar-refractivity contribution in [3.63, 3.8) is 0 Å². The van der Waals surface area contributed by atoms with Gasteiger partial charge in [-0.15, -0.1) is 0 Å². The Labute approximate surface area is 109 Å². The van der Waals surface area contributed by atoms with Gasteiger partial charge in [0.2, 0.25) is 0 Å². The monoisotopic (exact) mass is 249 g/mol. The molecule has 1 aliphatic rings. The molecule has 0 radical (unpaired) electrons. The summed E-state index contributed by atoms with van der Waals surface area (Å²) >= 11 is 0. The minimum Gasteiger partial charge on any atom is -0.378 e. The van der Waals surface area contributed by atoms with Crippen LogP contribution in [0.2, 0.25) is 0 Å². The smallest absolute Gasteiger partial charge is 0.128 e. The zero-order valence-corrected chi connectivity index (χ0v) is 11.1. The molecule has 1 fully saturated rings. The molecule has 1 aliphatic heterocycles. The number of hydrogen-bond donors (Lipinski definition) is 2. The number of pyridine rings is 1. The number of aromatic nitrogens is 1. The first-order valence-corrected chi connectivity index (χ1v) is 6.95. The van der Waals surface area contributed by atoms with Gasteiger partial charge in [-0.25, -0.2) is 4.98 Å². The van der Waals surface area contributed by atoms with Gasteiger partial charge in [0.1, 0.15) is 11.6 Å². The molecule has 0 saturated carbocycles. The second-order valence-electron chi connectivity index (χ2n) is 4.64. The third-order valence-electron chi connectivity index (χ3n) is 3.15. The van der Waals surface area contributed by atoms with E-state index in [0.29, 0.717) is 6.10 Å². The SMILES string of the molecule is CCNc1cccc(NCCC2CCCCO2)n1. The second kappa shape index (κ2) is 7.21. The highest BCUT2D eigenvalue weighted by atomic mass is 16.5. The van der Waals surface area contributed by atoms with Crippen LogP contribution in [0.15, 0.2) is 18.2 Å². The van der Waals surface area contributed by atoms with E-state index in [1.54, 1.807) is 0 Å². The van der Waals surface area contributed by atoms with Crippen LogP contribution >= 0.6 is 0 Å². The molecule has 0 aromatic carbocycles. The molecule has 4 heteroatoms. The first-order chi connectivity index (χ1) is 8.88. The van der Waals surface area contributed by atoms with Crippen LogP contribution in [0.25, 0.3) is 0 Å². The van der Waals surface area contributed by atoms with E-state index in [0.717, 1.165) is 37.8 Å². The standard InChI is InChI=1S/C14H23N3O/c1-2-15-13-7-5-8-14(17-13)16-10-9-12-6-3-4-11-18-12/h5,7-8,12H,2-4,6,9-11H2,1H3,(H2,15,16,17).